The Morgan fingerprint density at radius 1 is 1.16 bits per heavy atom. The van der Waals surface area contributed by atoms with E-state index in [1.54, 1.807) is 28.0 Å². The maximum absolute atomic E-state index is 13.6. The number of carbonyl (C=O) groups is 2. The molecular weight excluding hydrogens is 546 g/mol. The highest BCUT2D eigenvalue weighted by Gasteiger charge is 2.41. The lowest BCUT2D eigenvalue weighted by Crippen LogP contribution is -2.55. The molecule has 2 unspecified atom stereocenters. The average Bonchev–Trinajstić information content (AvgIpc) is 3.54. The number of nitrogens with zero attached hydrogens (tertiary/aromatic N) is 3. The van der Waals surface area contributed by atoms with Gasteiger partial charge in [-0.3, -0.25) is 14.5 Å². The molecule has 8 nitrogen and oxygen atoms in total. The SMILES string of the molecule is O=C1C(NS(=O)(=O)c2cc3cc(Cl)ccc3s2)CCCN1CC(=O)N1CCCC1CN1CCC(F)(F)C1. The van der Waals surface area contributed by atoms with Crippen LogP contribution in [0.25, 0.3) is 10.1 Å². The molecule has 0 spiro atoms. The van der Waals surface area contributed by atoms with Gasteiger partial charge in [-0.15, -0.1) is 11.3 Å². The number of thiophene rings is 1. The topological polar surface area (TPSA) is 90.0 Å². The van der Waals surface area contributed by atoms with E-state index in [4.69, 9.17) is 11.6 Å². The molecule has 37 heavy (non-hydrogen) atoms. The number of alkyl halides is 2. The van der Waals surface area contributed by atoms with Gasteiger partial charge < -0.3 is 9.80 Å². The number of hydrogen-bond acceptors (Lipinski definition) is 6. The summed E-state index contributed by atoms with van der Waals surface area (Å²) in [6.45, 7) is 1.17. The number of amides is 2. The molecule has 3 aliphatic rings. The van der Waals surface area contributed by atoms with E-state index in [2.05, 4.69) is 4.72 Å². The normalized spacial score (nSPS) is 24.9. The molecule has 13 heteroatoms. The predicted molar refractivity (Wildman–Crippen MR) is 137 cm³/mol. The maximum atomic E-state index is 13.6. The Kier molecular flexibility index (Phi) is 7.49. The van der Waals surface area contributed by atoms with Crippen LogP contribution < -0.4 is 4.72 Å². The van der Waals surface area contributed by atoms with Crippen molar-refractivity contribution in [1.82, 2.24) is 19.4 Å². The molecule has 0 aliphatic carbocycles. The molecule has 3 fully saturated rings. The van der Waals surface area contributed by atoms with Crippen LogP contribution in [0.15, 0.2) is 28.5 Å². The second kappa shape index (κ2) is 10.4. The fourth-order valence-corrected chi connectivity index (χ4v) is 8.24. The zero-order chi connectivity index (χ0) is 26.4. The Balaban J connectivity index is 1.21. The molecule has 0 radical (unpaired) electrons. The van der Waals surface area contributed by atoms with E-state index in [1.807, 2.05) is 0 Å². The van der Waals surface area contributed by atoms with E-state index in [9.17, 15) is 26.8 Å². The number of likely N-dealkylation sites (tertiary alicyclic amines) is 3. The first-order valence-corrected chi connectivity index (χ1v) is 15.1. The van der Waals surface area contributed by atoms with Crippen molar-refractivity contribution in [3.05, 3.63) is 29.3 Å². The summed E-state index contributed by atoms with van der Waals surface area (Å²) in [4.78, 5) is 31.1. The molecule has 3 aliphatic heterocycles. The number of halogens is 3. The third-order valence-corrected chi connectivity index (χ3v) is 10.6. The third-order valence-electron chi connectivity index (χ3n) is 7.29. The minimum absolute atomic E-state index is 0.0955. The predicted octanol–water partition coefficient (Wildman–Crippen LogP) is 3.16. The maximum Gasteiger partial charge on any atom is 0.261 e. The average molecular weight is 575 g/mol. The van der Waals surface area contributed by atoms with Crippen LogP contribution in [0.3, 0.4) is 0 Å². The first-order valence-electron chi connectivity index (χ1n) is 12.4. The first kappa shape index (κ1) is 26.7. The van der Waals surface area contributed by atoms with Gasteiger partial charge in [0.1, 0.15) is 10.3 Å². The summed E-state index contributed by atoms with van der Waals surface area (Å²) in [7, 11) is -3.95. The van der Waals surface area contributed by atoms with Crippen LogP contribution in [0.4, 0.5) is 8.78 Å². The fourth-order valence-electron chi connectivity index (χ4n) is 5.44. The number of sulfonamides is 1. The van der Waals surface area contributed by atoms with Crippen LogP contribution >= 0.6 is 22.9 Å². The number of rotatable bonds is 7. The van der Waals surface area contributed by atoms with Gasteiger partial charge in [0.15, 0.2) is 0 Å². The second-order valence-electron chi connectivity index (χ2n) is 10.0. The molecular formula is C24H29ClF2N4O4S2. The van der Waals surface area contributed by atoms with Crippen molar-refractivity contribution < 1.29 is 26.8 Å². The van der Waals surface area contributed by atoms with Crippen LogP contribution in [0, 0.1) is 0 Å². The third kappa shape index (κ3) is 5.93. The van der Waals surface area contributed by atoms with Crippen LogP contribution in [0.2, 0.25) is 5.02 Å². The Morgan fingerprint density at radius 2 is 1.95 bits per heavy atom. The Labute approximate surface area is 223 Å². The Bertz CT molecular complexity index is 1300. The monoisotopic (exact) mass is 574 g/mol. The standard InChI is InChI=1S/C24H29ClF2N4O4S2/c25-17-5-6-20-16(11-17)12-22(36-20)37(34,35)28-19-4-2-8-30(23(19)33)14-21(32)31-9-1-3-18(31)13-29-10-7-24(26,27)15-29/h5-6,11-12,18-19,28H,1-4,7-10,13-15H2. The molecule has 2 amide bonds. The van der Waals surface area contributed by atoms with Crippen molar-refractivity contribution in [3.63, 3.8) is 0 Å². The van der Waals surface area contributed by atoms with Gasteiger partial charge in [0.25, 0.3) is 15.9 Å². The van der Waals surface area contributed by atoms with Gasteiger partial charge in [0, 0.05) is 48.4 Å². The largest absolute Gasteiger partial charge is 0.337 e. The van der Waals surface area contributed by atoms with Crippen LogP contribution in [0.5, 0.6) is 0 Å². The molecule has 202 valence electrons. The Morgan fingerprint density at radius 3 is 2.70 bits per heavy atom. The van der Waals surface area contributed by atoms with Crippen LogP contribution in [0.1, 0.15) is 32.1 Å². The van der Waals surface area contributed by atoms with Crippen molar-refractivity contribution in [2.45, 2.75) is 54.3 Å². The van der Waals surface area contributed by atoms with Gasteiger partial charge in [-0.1, -0.05) is 11.6 Å². The highest BCUT2D eigenvalue weighted by molar-refractivity contribution is 7.91. The lowest BCUT2D eigenvalue weighted by molar-refractivity contribution is -0.143. The number of fused-ring (bicyclic) bond motifs is 1. The molecule has 1 N–H and O–H groups in total. The van der Waals surface area contributed by atoms with Gasteiger partial charge in [0.05, 0.1) is 13.1 Å². The molecule has 1 aromatic heterocycles. The molecule has 2 aromatic rings. The number of piperidine rings is 1. The van der Waals surface area contributed by atoms with Gasteiger partial charge in [-0.2, -0.15) is 4.72 Å². The zero-order valence-corrected chi connectivity index (χ0v) is 22.6. The van der Waals surface area contributed by atoms with Crippen molar-refractivity contribution in [2.75, 3.05) is 39.3 Å². The van der Waals surface area contributed by atoms with Crippen LogP contribution in [-0.4, -0.2) is 92.2 Å². The van der Waals surface area contributed by atoms with Crippen molar-refractivity contribution >= 4 is 54.9 Å². The summed E-state index contributed by atoms with van der Waals surface area (Å²) < 4.78 is 56.7. The highest BCUT2D eigenvalue weighted by Crippen LogP contribution is 2.32. The fraction of sp³-hybridized carbons (Fsp3) is 0.583. The highest BCUT2D eigenvalue weighted by atomic mass is 35.5. The molecule has 0 saturated carbocycles. The van der Waals surface area contributed by atoms with E-state index in [0.717, 1.165) is 28.9 Å². The molecule has 2 atom stereocenters. The zero-order valence-electron chi connectivity index (χ0n) is 20.2. The summed E-state index contributed by atoms with van der Waals surface area (Å²) in [5.74, 6) is -3.34. The summed E-state index contributed by atoms with van der Waals surface area (Å²) in [6, 6.07) is 5.55. The van der Waals surface area contributed by atoms with Gasteiger partial charge >= 0.3 is 0 Å². The van der Waals surface area contributed by atoms with Gasteiger partial charge in [-0.25, -0.2) is 17.2 Å². The summed E-state index contributed by atoms with van der Waals surface area (Å²) in [6.07, 6.45) is 2.26. The lowest BCUT2D eigenvalue weighted by Gasteiger charge is -2.34. The van der Waals surface area contributed by atoms with Crippen molar-refractivity contribution in [1.29, 1.82) is 0 Å². The van der Waals surface area contributed by atoms with Crippen molar-refractivity contribution in [3.8, 4) is 0 Å². The smallest absolute Gasteiger partial charge is 0.261 e. The van der Waals surface area contributed by atoms with Gasteiger partial charge in [0.2, 0.25) is 11.8 Å². The molecule has 1 aromatic carbocycles. The minimum Gasteiger partial charge on any atom is -0.337 e. The minimum atomic E-state index is -3.95. The number of carbonyl (C=O) groups excluding carboxylic acids is 2. The molecule has 5 rings (SSSR count). The number of hydrogen-bond donors (Lipinski definition) is 1. The number of nitrogens with one attached hydrogen (secondary N) is 1. The molecule has 0 bridgehead atoms. The quantitative estimate of drug-likeness (QED) is 0.549. The van der Waals surface area contributed by atoms with E-state index in [0.29, 0.717) is 49.4 Å². The second-order valence-corrected chi connectivity index (χ2v) is 13.5. The molecule has 3 saturated heterocycles. The summed E-state index contributed by atoms with van der Waals surface area (Å²) >= 11 is 7.11. The molecule has 4 heterocycles. The van der Waals surface area contributed by atoms with Crippen LogP contribution in [-0.2, 0) is 19.6 Å². The van der Waals surface area contributed by atoms with E-state index in [1.165, 1.54) is 11.0 Å². The lowest BCUT2D eigenvalue weighted by atomic mass is 10.1. The summed E-state index contributed by atoms with van der Waals surface area (Å²) in [5.41, 5.74) is 0. The van der Waals surface area contributed by atoms with Crippen molar-refractivity contribution in [2.24, 2.45) is 0 Å². The summed E-state index contributed by atoms with van der Waals surface area (Å²) in [5, 5.41) is 1.21. The van der Waals surface area contributed by atoms with Gasteiger partial charge in [-0.05, 0) is 55.3 Å². The van der Waals surface area contributed by atoms with E-state index < -0.39 is 27.9 Å². The van der Waals surface area contributed by atoms with E-state index >= 15 is 0 Å². The number of benzene rings is 1. The Hall–Kier alpha value is -1.86. The van der Waals surface area contributed by atoms with E-state index in [-0.39, 0.29) is 35.7 Å². The first-order chi connectivity index (χ1) is 17.5.